The minimum absolute atomic E-state index is 0.577. The summed E-state index contributed by atoms with van der Waals surface area (Å²) >= 11 is 2.75. The van der Waals surface area contributed by atoms with Crippen molar-refractivity contribution in [3.8, 4) is 11.1 Å². The Hall–Kier alpha value is -5.03. The summed E-state index contributed by atoms with van der Waals surface area (Å²) in [6.07, 6.45) is 2.53. The Bertz CT molecular complexity index is 4900. The molecular formula is C91H100B8INP4. The molecule has 0 saturated carbocycles. The van der Waals surface area contributed by atoms with Gasteiger partial charge in [-0.2, -0.15) is 0 Å². The number of aryl methyl sites for hydroxylation is 17. The Balaban J connectivity index is 1.53. The molecule has 0 saturated heterocycles. The number of rotatable bonds is 17. The van der Waals surface area contributed by atoms with Crippen molar-refractivity contribution in [1.29, 1.82) is 0 Å². The standard InChI is InChI=1S/C91H100B8INP4/c1-41-28-50(10)84(60(20)74(41)92)102(85-51(11)29-42(2)75(93)61(85)21)37-68-36-49(9)82(100)70(39-104(88-54(14)32-45(5)78(96)64(88)24)89-55(15)33-46(6)79(97)65(89)25)72(68)73-69(38-103(86-52(12)30-43(3)76(94)62(86)22)87-53(13)31-44(4)77(95)63(87)23)58(18)59(19)83(101)71(73)40-105(90-56(16)34-47(7)80(98)66(90)26)91-57(17)35-48(8)81(99)67(91)27/h28-36H,37-40,101H2,1-27H3. The van der Waals surface area contributed by atoms with Crippen LogP contribution in [0.4, 0.5) is 5.69 Å². The summed E-state index contributed by atoms with van der Waals surface area (Å²) < 4.78 is 1.21. The third-order valence-electron chi connectivity index (χ3n) is 23.6. The molecule has 0 aliphatic heterocycles. The smallest absolute Gasteiger partial charge is 0.114 e. The number of hydrogen-bond acceptors (Lipinski definition) is 1. The normalized spacial score (nSPS) is 11.9. The lowest BCUT2D eigenvalue weighted by Crippen LogP contribution is -2.32. The molecule has 16 radical (unpaired) electrons. The maximum atomic E-state index is 8.48. The van der Waals surface area contributed by atoms with Crippen molar-refractivity contribution in [1.82, 2.24) is 0 Å². The predicted octanol–water partition coefficient (Wildman–Crippen LogP) is 12.7. The molecule has 10 aromatic carbocycles. The predicted molar refractivity (Wildman–Crippen MR) is 491 cm³/mol. The van der Waals surface area contributed by atoms with E-state index in [1.165, 1.54) is 124 Å². The third-order valence-corrected chi connectivity index (χ3v) is 37.5. The fraction of sp³-hybridized carbons (Fsp3) is 0.341. The summed E-state index contributed by atoms with van der Waals surface area (Å²) in [5.41, 5.74) is 53.6. The first-order chi connectivity index (χ1) is 49.0. The average molecular weight is 1550 g/mol. The summed E-state index contributed by atoms with van der Waals surface area (Å²) in [4.78, 5) is 0. The van der Waals surface area contributed by atoms with Gasteiger partial charge >= 0.3 is 0 Å². The highest BCUT2D eigenvalue weighted by molar-refractivity contribution is 14.1. The van der Waals surface area contributed by atoms with E-state index in [-0.39, 0.29) is 0 Å². The van der Waals surface area contributed by atoms with Gasteiger partial charge in [0, 0.05) is 33.9 Å². The Labute approximate surface area is 662 Å². The number of nitrogens with two attached hydrogens (primary N) is 1. The molecule has 0 heterocycles. The minimum atomic E-state index is -1.36. The Kier molecular flexibility index (Phi) is 24.9. The van der Waals surface area contributed by atoms with Gasteiger partial charge in [-0.3, -0.25) is 0 Å². The van der Waals surface area contributed by atoms with Gasteiger partial charge in [-0.25, -0.2) is 0 Å². The fourth-order valence-electron chi connectivity index (χ4n) is 17.9. The lowest BCUT2D eigenvalue weighted by Gasteiger charge is -2.36. The van der Waals surface area contributed by atoms with Gasteiger partial charge in [0.1, 0.15) is 62.8 Å². The molecule has 0 aromatic heterocycles. The lowest BCUT2D eigenvalue weighted by molar-refractivity contribution is 1.18. The van der Waals surface area contributed by atoms with Crippen LogP contribution in [0.3, 0.4) is 0 Å². The van der Waals surface area contributed by atoms with Crippen molar-refractivity contribution >= 4 is 209 Å². The van der Waals surface area contributed by atoms with Crippen LogP contribution >= 0.6 is 54.3 Å². The van der Waals surface area contributed by atoms with E-state index in [0.29, 0.717) is 24.6 Å². The van der Waals surface area contributed by atoms with Crippen LogP contribution in [0.5, 0.6) is 0 Å². The second kappa shape index (κ2) is 31.8. The van der Waals surface area contributed by atoms with Crippen LogP contribution in [0.2, 0.25) is 0 Å². The summed E-state index contributed by atoms with van der Waals surface area (Å²) in [7, 11) is 53.9. The Morgan fingerprint density at radius 2 is 0.429 bits per heavy atom. The molecule has 0 amide bonds. The van der Waals surface area contributed by atoms with E-state index >= 15 is 0 Å². The largest absolute Gasteiger partial charge is 0.398 e. The molecule has 10 rings (SSSR count). The average Bonchev–Trinajstić information content (AvgIpc) is 0.724. The van der Waals surface area contributed by atoms with E-state index in [0.717, 1.165) is 155 Å². The SMILES string of the molecule is [B]c1c(C)cc(C)c(P(Cc2cc(C)c(I)c(CP(c3c(C)cc(C)c([B])c3C)c3c(C)cc(C)c([B])c3C)c2-c2c(CP(c3c(C)cc(C)c([B])c3C)c3c(C)cc(C)c([B])c3C)c(C)c(C)c(N)c2CP(c2c(C)cc(C)c([B])c2C)c2c(C)cc(C)c([B])c2C)c2c(C)cc(C)c([B])c2C)c1C. The summed E-state index contributed by atoms with van der Waals surface area (Å²) in [6, 6.07) is 21.0. The Morgan fingerprint density at radius 3 is 0.657 bits per heavy atom. The van der Waals surface area contributed by atoms with Gasteiger partial charge in [0.2, 0.25) is 0 Å². The molecule has 10 aromatic rings. The zero-order valence-electron chi connectivity index (χ0n) is 67.9. The molecule has 2 N–H and O–H groups in total. The minimum Gasteiger partial charge on any atom is -0.398 e. The van der Waals surface area contributed by atoms with Crippen LogP contribution in [0.25, 0.3) is 11.1 Å². The number of hydrogen-bond donors (Lipinski definition) is 1. The first-order valence-electron chi connectivity index (χ1n) is 36.7. The molecule has 14 heteroatoms. The van der Waals surface area contributed by atoms with Crippen LogP contribution < -0.4 is 91.9 Å². The third kappa shape index (κ3) is 14.8. The second-order valence-electron chi connectivity index (χ2n) is 31.0. The first-order valence-corrected chi connectivity index (χ1v) is 43.9. The van der Waals surface area contributed by atoms with E-state index in [2.05, 4.69) is 264 Å². The summed E-state index contributed by atoms with van der Waals surface area (Å²) in [5, 5.41) is 10.2. The zero-order valence-corrected chi connectivity index (χ0v) is 73.6. The van der Waals surface area contributed by atoms with E-state index < -0.39 is 31.7 Å². The van der Waals surface area contributed by atoms with Crippen molar-refractivity contribution in [3.05, 3.63) is 231 Å². The van der Waals surface area contributed by atoms with Gasteiger partial charge in [0.05, 0.1) is 0 Å². The van der Waals surface area contributed by atoms with Gasteiger partial charge in [-0.15, -0.1) is 0 Å². The molecule has 0 spiro atoms. The van der Waals surface area contributed by atoms with E-state index in [1.807, 2.05) is 0 Å². The molecule has 1 nitrogen and oxygen atoms in total. The first kappa shape index (κ1) is 82.5. The number of benzene rings is 10. The highest BCUT2D eigenvalue weighted by Crippen LogP contribution is 2.57. The van der Waals surface area contributed by atoms with E-state index in [4.69, 9.17) is 68.5 Å². The summed E-state index contributed by atoms with van der Waals surface area (Å²) in [6.45, 7) is 60.3. The molecule has 520 valence electrons. The van der Waals surface area contributed by atoms with Crippen molar-refractivity contribution in [3.63, 3.8) is 0 Å². The molecule has 0 aliphatic carbocycles. The molecule has 0 fully saturated rings. The van der Waals surface area contributed by atoms with Gasteiger partial charge in [0.25, 0.3) is 0 Å². The number of anilines is 1. The fourth-order valence-corrected chi connectivity index (χ4v) is 31.7. The number of nitrogen functional groups attached to an aromatic ring is 1. The van der Waals surface area contributed by atoms with Gasteiger partial charge in [0.15, 0.2) is 0 Å². The van der Waals surface area contributed by atoms with Crippen molar-refractivity contribution in [2.45, 2.75) is 212 Å². The van der Waals surface area contributed by atoms with Crippen LogP contribution in [-0.4, -0.2) is 62.8 Å². The molecule has 0 aliphatic rings. The topological polar surface area (TPSA) is 26.0 Å². The van der Waals surface area contributed by atoms with Crippen LogP contribution in [0.15, 0.2) is 54.6 Å². The Morgan fingerprint density at radius 1 is 0.229 bits per heavy atom. The van der Waals surface area contributed by atoms with Crippen molar-refractivity contribution < 1.29 is 0 Å². The molecular weight excluding hydrogens is 1440 g/mol. The van der Waals surface area contributed by atoms with E-state index in [9.17, 15) is 0 Å². The monoisotopic (exact) mass is 1550 g/mol. The van der Waals surface area contributed by atoms with Crippen LogP contribution in [0.1, 0.15) is 172 Å². The summed E-state index contributed by atoms with van der Waals surface area (Å²) in [5.74, 6) is 0. The second-order valence-corrected chi connectivity index (χ2v) is 40.4. The van der Waals surface area contributed by atoms with Gasteiger partial charge in [-0.05, 0) is 423 Å². The van der Waals surface area contributed by atoms with Gasteiger partial charge in [-0.1, -0.05) is 143 Å². The maximum absolute atomic E-state index is 8.48. The number of halogens is 1. The molecule has 105 heavy (non-hydrogen) atoms. The van der Waals surface area contributed by atoms with Crippen LogP contribution in [0, 0.1) is 191 Å². The van der Waals surface area contributed by atoms with Gasteiger partial charge < -0.3 is 5.73 Å². The quantitative estimate of drug-likeness (QED) is 0.0418. The van der Waals surface area contributed by atoms with Crippen molar-refractivity contribution in [2.24, 2.45) is 0 Å². The van der Waals surface area contributed by atoms with Crippen LogP contribution in [-0.2, 0) is 24.6 Å². The molecule has 0 atom stereocenters. The highest BCUT2D eigenvalue weighted by Gasteiger charge is 2.37. The van der Waals surface area contributed by atoms with Crippen molar-refractivity contribution in [2.75, 3.05) is 5.73 Å². The molecule has 0 bridgehead atoms. The maximum Gasteiger partial charge on any atom is 0.114 e. The zero-order chi connectivity index (χ0) is 77.9. The van der Waals surface area contributed by atoms with E-state index in [1.54, 1.807) is 0 Å². The highest BCUT2D eigenvalue weighted by atomic mass is 127. The lowest BCUT2D eigenvalue weighted by atomic mass is 9.84. The molecule has 0 unspecified atom stereocenters.